The predicted octanol–water partition coefficient (Wildman–Crippen LogP) is 8.78. The number of para-hydroxylation sites is 5. The summed E-state index contributed by atoms with van der Waals surface area (Å²) in [4.78, 5) is 5.22. The second-order valence-electron chi connectivity index (χ2n) is 14.0. The van der Waals surface area contributed by atoms with Crippen LogP contribution < -0.4 is 9.30 Å². The number of benzene rings is 5. The van der Waals surface area contributed by atoms with Crippen LogP contribution in [0, 0.1) is 12.4 Å². The first kappa shape index (κ1) is 30.7. The minimum atomic E-state index is -0.397. The minimum Gasteiger partial charge on any atom is -0.505 e. The molecule has 10 rings (SSSR count). The summed E-state index contributed by atoms with van der Waals surface area (Å²) in [7, 11) is 0. The molecule has 246 valence electrons. The Morgan fingerprint density at radius 2 is 1.40 bits per heavy atom. The van der Waals surface area contributed by atoms with Gasteiger partial charge in [0.05, 0.1) is 39.0 Å². The summed E-state index contributed by atoms with van der Waals surface area (Å²) in [5.74, 6) is 1.25. The van der Waals surface area contributed by atoms with Crippen LogP contribution in [0.4, 0.5) is 0 Å². The largest absolute Gasteiger partial charge is 2.00 e. The smallest absolute Gasteiger partial charge is 0.505 e. The quantitative estimate of drug-likeness (QED) is 0.143. The second kappa shape index (κ2) is 10.6. The number of rotatable bonds is 4. The van der Waals surface area contributed by atoms with Crippen LogP contribution in [0.25, 0.3) is 55.5 Å². The van der Waals surface area contributed by atoms with E-state index in [9.17, 15) is 5.11 Å². The van der Waals surface area contributed by atoms with E-state index in [1.54, 1.807) is 0 Å². The van der Waals surface area contributed by atoms with Crippen LogP contribution in [-0.4, -0.2) is 23.5 Å². The number of hydrogen-bond donors (Lipinski definition) is 1. The van der Waals surface area contributed by atoms with Crippen LogP contribution in [0.2, 0.25) is 0 Å². The summed E-state index contributed by atoms with van der Waals surface area (Å²) in [5.41, 5.74) is 9.72. The molecule has 0 radical (unpaired) electrons. The normalized spacial score (nSPS) is 14.6. The van der Waals surface area contributed by atoms with Crippen LogP contribution >= 0.6 is 0 Å². The zero-order valence-corrected chi connectivity index (χ0v) is 30.1. The topological polar surface area (TPSA) is 60.0 Å². The van der Waals surface area contributed by atoms with Crippen LogP contribution in [0.5, 0.6) is 17.4 Å². The molecule has 0 aliphatic carbocycles. The van der Waals surface area contributed by atoms with Crippen molar-refractivity contribution in [1.82, 2.24) is 18.4 Å². The van der Waals surface area contributed by atoms with Gasteiger partial charge >= 0.3 is 21.1 Å². The van der Waals surface area contributed by atoms with Gasteiger partial charge in [-0.25, -0.2) is 0 Å². The maximum Gasteiger partial charge on any atom is 2.00 e. The molecule has 5 aromatic carbocycles. The van der Waals surface area contributed by atoms with Crippen molar-refractivity contribution in [2.75, 3.05) is 0 Å². The molecule has 1 aliphatic heterocycles. The van der Waals surface area contributed by atoms with Gasteiger partial charge in [-0.05, 0) is 41.6 Å². The Labute approximate surface area is 302 Å². The Bertz CT molecular complexity index is 2830. The molecule has 0 unspecified atom stereocenters. The number of imidazole rings is 2. The molecule has 0 saturated carbocycles. The van der Waals surface area contributed by atoms with E-state index in [-0.39, 0.29) is 32.2 Å². The van der Waals surface area contributed by atoms with Gasteiger partial charge in [0.15, 0.2) is 11.4 Å². The van der Waals surface area contributed by atoms with Crippen LogP contribution in [0.3, 0.4) is 0 Å². The number of fused-ring (bicyclic) bond motifs is 6. The Hall–Kier alpha value is -5.39. The molecule has 0 atom stereocenters. The number of aromatic hydroxyl groups is 1. The number of nitrogens with zero attached hydrogens (tertiary/aromatic N) is 5. The van der Waals surface area contributed by atoms with E-state index in [1.165, 1.54) is 5.56 Å². The first-order valence-electron chi connectivity index (χ1n) is 16.6. The number of ether oxygens (including phenoxy) is 1. The fourth-order valence-electron chi connectivity index (χ4n) is 7.90. The molecule has 0 saturated heterocycles. The van der Waals surface area contributed by atoms with Crippen molar-refractivity contribution in [3.05, 3.63) is 139 Å². The Balaban J connectivity index is 0.00000336. The third-order valence-electron chi connectivity index (χ3n) is 11.0. The van der Waals surface area contributed by atoms with E-state index in [0.29, 0.717) is 22.8 Å². The van der Waals surface area contributed by atoms with Crippen molar-refractivity contribution in [2.45, 2.75) is 38.5 Å². The molecule has 8 heteroatoms. The molecule has 5 heterocycles. The van der Waals surface area contributed by atoms with E-state index in [0.717, 1.165) is 50.0 Å². The molecule has 0 spiro atoms. The number of hydrogen-bond acceptors (Lipinski definition) is 3. The molecule has 7 nitrogen and oxygen atoms in total. The predicted molar refractivity (Wildman–Crippen MR) is 191 cm³/mol. The molecule has 1 N–H and O–H groups in total. The van der Waals surface area contributed by atoms with E-state index in [4.69, 9.17) is 9.72 Å². The number of aromatic nitrogens is 5. The van der Waals surface area contributed by atoms with Crippen molar-refractivity contribution in [1.29, 1.82) is 0 Å². The molecule has 1 aliphatic rings. The minimum absolute atomic E-state index is 0. The van der Waals surface area contributed by atoms with Gasteiger partial charge in [0.25, 0.3) is 6.33 Å². The van der Waals surface area contributed by atoms with Crippen LogP contribution in [-0.2, 0) is 31.9 Å². The van der Waals surface area contributed by atoms with Crippen LogP contribution in [0.1, 0.15) is 39.0 Å². The first-order chi connectivity index (χ1) is 23.8. The molecular formula is C42H32N5O2Pt+. The van der Waals surface area contributed by atoms with Gasteiger partial charge in [0.2, 0.25) is 5.88 Å². The van der Waals surface area contributed by atoms with E-state index in [1.807, 2.05) is 71.3 Å². The summed E-state index contributed by atoms with van der Waals surface area (Å²) in [6.45, 7) is 9.11. The van der Waals surface area contributed by atoms with Gasteiger partial charge in [-0.15, -0.1) is 12.1 Å². The van der Waals surface area contributed by atoms with Crippen molar-refractivity contribution in [3.8, 4) is 28.8 Å². The van der Waals surface area contributed by atoms with E-state index >= 15 is 0 Å². The maximum atomic E-state index is 11.7. The van der Waals surface area contributed by atoms with Crippen molar-refractivity contribution in [3.63, 3.8) is 0 Å². The fraction of sp³-hybridized carbons (Fsp3) is 0.143. The van der Waals surface area contributed by atoms with Gasteiger partial charge in [-0.2, -0.15) is 17.1 Å². The fourth-order valence-corrected chi connectivity index (χ4v) is 7.90. The van der Waals surface area contributed by atoms with Gasteiger partial charge in [-0.3, -0.25) is 8.97 Å². The van der Waals surface area contributed by atoms with E-state index < -0.39 is 5.41 Å². The summed E-state index contributed by atoms with van der Waals surface area (Å²) in [6, 6.07) is 42.4. The van der Waals surface area contributed by atoms with Crippen molar-refractivity contribution < 1.29 is 35.5 Å². The summed E-state index contributed by atoms with van der Waals surface area (Å²) in [5, 5.41) is 12.5. The molecule has 4 aromatic heterocycles. The third-order valence-corrected chi connectivity index (χ3v) is 11.0. The molecule has 9 aromatic rings. The maximum absolute atomic E-state index is 11.7. The van der Waals surface area contributed by atoms with Crippen molar-refractivity contribution in [2.24, 2.45) is 0 Å². The van der Waals surface area contributed by atoms with Gasteiger partial charge in [-0.1, -0.05) is 94.4 Å². The van der Waals surface area contributed by atoms with Crippen molar-refractivity contribution >= 4 is 44.1 Å². The second-order valence-corrected chi connectivity index (χ2v) is 14.0. The molecular weight excluding hydrogens is 802 g/mol. The zero-order chi connectivity index (χ0) is 33.2. The Kier molecular flexibility index (Phi) is 6.47. The summed E-state index contributed by atoms with van der Waals surface area (Å²) in [6.07, 6.45) is 3.54. The zero-order valence-electron chi connectivity index (χ0n) is 27.9. The van der Waals surface area contributed by atoms with Crippen LogP contribution in [0.15, 0.2) is 115 Å². The third kappa shape index (κ3) is 3.90. The molecule has 0 amide bonds. The monoisotopic (exact) mass is 833 g/mol. The molecule has 0 fully saturated rings. The van der Waals surface area contributed by atoms with Gasteiger partial charge < -0.3 is 18.8 Å². The first-order valence-corrected chi connectivity index (χ1v) is 16.6. The molecule has 50 heavy (non-hydrogen) atoms. The molecule has 0 bridgehead atoms. The van der Waals surface area contributed by atoms with Gasteiger partial charge in [0.1, 0.15) is 5.52 Å². The SMILES string of the molecule is CC1(C)c2cccc3c2n2c(c(Oc4[c-]c(-n5[c-][n+](-c6ccccc6)c6ccccc65)ccc4)nc2c2c(O)c4ccccc4n32)C1(C)C.[Pt+2]. The average molecular weight is 834 g/mol. The summed E-state index contributed by atoms with van der Waals surface area (Å²) < 4.78 is 15.3. The Morgan fingerprint density at radius 3 is 2.22 bits per heavy atom. The van der Waals surface area contributed by atoms with Gasteiger partial charge in [0, 0.05) is 22.0 Å². The van der Waals surface area contributed by atoms with E-state index in [2.05, 4.69) is 102 Å². The summed E-state index contributed by atoms with van der Waals surface area (Å²) >= 11 is 0. The standard InChI is InChI=1S/C42H32N5O2.Pt/c1-41(2)30-19-13-23-34-35(30)47-38(42(41,3)4)40(43-39(47)36-37(48)29-18-8-9-20-31(29)46(34)36)49-28-17-12-16-27(24-28)45-25-44(26-14-6-5-7-15-26)32-21-10-11-22-33(32)45;/h5-23,48H,1-4H3;/q-1;+2. The average Bonchev–Trinajstić information content (AvgIpc) is 3.79. The Morgan fingerprint density at radius 1 is 0.700 bits per heavy atom.